The zero-order valence-electron chi connectivity index (χ0n) is 6.85. The molecule has 1 heteroatoms. The molecule has 0 aromatic heterocycles. The first-order valence-corrected chi connectivity index (χ1v) is 3.97. The third-order valence-corrected chi connectivity index (χ3v) is 1.31. The van der Waals surface area contributed by atoms with E-state index in [0.717, 1.165) is 19.3 Å². The first-order chi connectivity index (χ1) is 4.81. The summed E-state index contributed by atoms with van der Waals surface area (Å²) in [7, 11) is 0. The minimum atomic E-state index is -0.406. The van der Waals surface area contributed by atoms with Crippen molar-refractivity contribution in [1.82, 2.24) is 0 Å². The molecular weight excluding hydrogens is 124 g/mol. The van der Waals surface area contributed by atoms with Crippen LogP contribution < -0.4 is 0 Å². The highest BCUT2D eigenvalue weighted by molar-refractivity contribution is 5.03. The van der Waals surface area contributed by atoms with Crippen molar-refractivity contribution in [2.24, 2.45) is 0 Å². The number of aliphatic hydroxyl groups is 1. The molecule has 1 nitrogen and oxygen atoms in total. The van der Waals surface area contributed by atoms with Crippen LogP contribution in [-0.4, -0.2) is 11.2 Å². The predicted molar refractivity (Wildman–Crippen MR) is 43.6 cm³/mol. The molecule has 0 rings (SSSR count). The summed E-state index contributed by atoms with van der Waals surface area (Å²) < 4.78 is 0. The van der Waals surface area contributed by atoms with Crippen molar-refractivity contribution in [3.8, 4) is 11.8 Å². The summed E-state index contributed by atoms with van der Waals surface area (Å²) in [6.07, 6.45) is 3.57. The summed E-state index contributed by atoms with van der Waals surface area (Å²) in [5, 5.41) is 8.98. The Morgan fingerprint density at radius 2 is 2.10 bits per heavy atom. The Labute approximate surface area is 63.5 Å². The van der Waals surface area contributed by atoms with E-state index in [1.54, 1.807) is 0 Å². The van der Waals surface area contributed by atoms with Crippen LogP contribution in [0.5, 0.6) is 0 Å². The van der Waals surface area contributed by atoms with Gasteiger partial charge < -0.3 is 5.11 Å². The van der Waals surface area contributed by atoms with E-state index in [0.29, 0.717) is 0 Å². The molecular formula is C9H16O. The molecule has 0 radical (unpaired) electrons. The number of unbranched alkanes of at least 4 members (excludes halogenated alkanes) is 2. The summed E-state index contributed by atoms with van der Waals surface area (Å²) >= 11 is 0. The predicted octanol–water partition coefficient (Wildman–Crippen LogP) is 1.95. The van der Waals surface area contributed by atoms with Crippen molar-refractivity contribution in [2.45, 2.75) is 45.6 Å². The average molecular weight is 140 g/mol. The Morgan fingerprint density at radius 3 is 2.60 bits per heavy atom. The summed E-state index contributed by atoms with van der Waals surface area (Å²) in [4.78, 5) is 0. The van der Waals surface area contributed by atoms with Crippen molar-refractivity contribution in [3.63, 3.8) is 0 Å². The van der Waals surface area contributed by atoms with Crippen LogP contribution >= 0.6 is 0 Å². The molecule has 0 aromatic carbocycles. The molecule has 0 aromatic rings. The zero-order chi connectivity index (χ0) is 7.82. The fourth-order valence-electron chi connectivity index (χ4n) is 0.557. The van der Waals surface area contributed by atoms with Crippen molar-refractivity contribution in [3.05, 3.63) is 0 Å². The van der Waals surface area contributed by atoms with Gasteiger partial charge in [-0.3, -0.25) is 0 Å². The van der Waals surface area contributed by atoms with Gasteiger partial charge >= 0.3 is 0 Å². The van der Waals surface area contributed by atoms with Crippen LogP contribution in [0.3, 0.4) is 0 Å². The molecule has 0 unspecified atom stereocenters. The third kappa shape index (κ3) is 5.65. The van der Waals surface area contributed by atoms with Gasteiger partial charge in [0.1, 0.15) is 6.10 Å². The smallest absolute Gasteiger partial charge is 0.114 e. The average Bonchev–Trinajstić information content (AvgIpc) is 1.98. The largest absolute Gasteiger partial charge is 0.380 e. The lowest BCUT2D eigenvalue weighted by Crippen LogP contribution is -1.98. The highest BCUT2D eigenvalue weighted by Crippen LogP contribution is 1.92. The molecule has 0 aliphatic rings. The minimum Gasteiger partial charge on any atom is -0.380 e. The van der Waals surface area contributed by atoms with Crippen molar-refractivity contribution in [2.75, 3.05) is 0 Å². The van der Waals surface area contributed by atoms with E-state index < -0.39 is 6.10 Å². The molecule has 1 atom stereocenters. The second-order valence-electron chi connectivity index (χ2n) is 2.35. The van der Waals surface area contributed by atoms with Crippen LogP contribution in [0.25, 0.3) is 0 Å². The van der Waals surface area contributed by atoms with Crippen LogP contribution in [-0.2, 0) is 0 Å². The highest BCUT2D eigenvalue weighted by Gasteiger charge is 1.89. The molecule has 0 aliphatic heterocycles. The maximum Gasteiger partial charge on any atom is 0.114 e. The van der Waals surface area contributed by atoms with Gasteiger partial charge in [-0.15, -0.1) is 5.92 Å². The van der Waals surface area contributed by atoms with Gasteiger partial charge in [-0.1, -0.05) is 26.2 Å². The molecule has 0 saturated heterocycles. The normalized spacial score (nSPS) is 11.9. The zero-order valence-corrected chi connectivity index (χ0v) is 6.85. The quantitative estimate of drug-likeness (QED) is 0.469. The Hall–Kier alpha value is -0.480. The van der Waals surface area contributed by atoms with Crippen molar-refractivity contribution < 1.29 is 5.11 Å². The number of aliphatic hydroxyl groups excluding tert-OH is 1. The molecule has 10 heavy (non-hydrogen) atoms. The lowest BCUT2D eigenvalue weighted by molar-refractivity contribution is 0.228. The second kappa shape index (κ2) is 6.64. The standard InChI is InChI=1S/C9H16O/c1-3-5-6-7-8-9(10)4-2/h9-10H,3-6H2,1-2H3/t9-/m1/s1. The molecule has 0 fully saturated rings. The SMILES string of the molecule is CCCCC#C[C@H](O)CC. The van der Waals surface area contributed by atoms with Crippen molar-refractivity contribution >= 4 is 0 Å². The van der Waals surface area contributed by atoms with Gasteiger partial charge in [0, 0.05) is 6.42 Å². The topological polar surface area (TPSA) is 20.2 Å². The van der Waals surface area contributed by atoms with Crippen molar-refractivity contribution in [1.29, 1.82) is 0 Å². The Bertz CT molecular complexity index is 118. The monoisotopic (exact) mass is 140 g/mol. The maximum absolute atomic E-state index is 8.98. The van der Waals surface area contributed by atoms with E-state index >= 15 is 0 Å². The van der Waals surface area contributed by atoms with E-state index in [-0.39, 0.29) is 0 Å². The maximum atomic E-state index is 8.98. The van der Waals surface area contributed by atoms with Gasteiger partial charge in [-0.25, -0.2) is 0 Å². The molecule has 0 aliphatic carbocycles. The van der Waals surface area contributed by atoms with Gasteiger partial charge in [-0.2, -0.15) is 0 Å². The number of hydrogen-bond acceptors (Lipinski definition) is 1. The molecule has 0 heterocycles. The molecule has 0 saturated carbocycles. The van der Waals surface area contributed by atoms with Crippen LogP contribution in [0, 0.1) is 11.8 Å². The van der Waals surface area contributed by atoms with Gasteiger partial charge in [0.2, 0.25) is 0 Å². The van der Waals surface area contributed by atoms with E-state index in [1.165, 1.54) is 6.42 Å². The van der Waals surface area contributed by atoms with E-state index in [4.69, 9.17) is 5.11 Å². The second-order valence-corrected chi connectivity index (χ2v) is 2.35. The molecule has 58 valence electrons. The Morgan fingerprint density at radius 1 is 1.40 bits per heavy atom. The molecule has 0 spiro atoms. The highest BCUT2D eigenvalue weighted by atomic mass is 16.3. The van der Waals surface area contributed by atoms with Crippen LogP contribution in [0.15, 0.2) is 0 Å². The fraction of sp³-hybridized carbons (Fsp3) is 0.778. The lowest BCUT2D eigenvalue weighted by atomic mass is 10.2. The lowest BCUT2D eigenvalue weighted by Gasteiger charge is -1.93. The summed E-state index contributed by atoms with van der Waals surface area (Å²) in [6, 6.07) is 0. The molecule has 0 amide bonds. The molecule has 0 bridgehead atoms. The van der Waals surface area contributed by atoms with E-state index in [9.17, 15) is 0 Å². The number of rotatable bonds is 3. The van der Waals surface area contributed by atoms with E-state index in [2.05, 4.69) is 18.8 Å². The summed E-state index contributed by atoms with van der Waals surface area (Å²) in [6.45, 7) is 4.07. The van der Waals surface area contributed by atoms with Gasteiger partial charge in [0.25, 0.3) is 0 Å². The van der Waals surface area contributed by atoms with Gasteiger partial charge in [0.15, 0.2) is 0 Å². The first-order valence-electron chi connectivity index (χ1n) is 3.97. The first kappa shape index (κ1) is 9.52. The van der Waals surface area contributed by atoms with E-state index in [1.807, 2.05) is 6.92 Å². The third-order valence-electron chi connectivity index (χ3n) is 1.31. The van der Waals surface area contributed by atoms with Gasteiger partial charge in [-0.05, 0) is 12.8 Å². The Kier molecular flexibility index (Phi) is 6.32. The van der Waals surface area contributed by atoms with Gasteiger partial charge in [0.05, 0.1) is 0 Å². The molecule has 1 N–H and O–H groups in total. The number of hydrogen-bond donors (Lipinski definition) is 1. The van der Waals surface area contributed by atoms with Crippen LogP contribution in [0.1, 0.15) is 39.5 Å². The minimum absolute atomic E-state index is 0.406. The fourth-order valence-corrected chi connectivity index (χ4v) is 0.557. The Balaban J connectivity index is 3.29. The summed E-state index contributed by atoms with van der Waals surface area (Å²) in [5.74, 6) is 5.71. The van der Waals surface area contributed by atoms with Crippen LogP contribution in [0.4, 0.5) is 0 Å². The summed E-state index contributed by atoms with van der Waals surface area (Å²) in [5.41, 5.74) is 0. The van der Waals surface area contributed by atoms with Crippen LogP contribution in [0.2, 0.25) is 0 Å².